The smallest absolute Gasteiger partial charge is 0.230 e. The van der Waals surface area contributed by atoms with Crippen LogP contribution >= 0.6 is 0 Å². The zero-order chi connectivity index (χ0) is 16.3. The number of amides is 1. The number of ether oxygens (including phenoxy) is 1. The molecule has 0 aromatic heterocycles. The van der Waals surface area contributed by atoms with Crippen molar-refractivity contribution in [2.45, 2.75) is 31.3 Å². The van der Waals surface area contributed by atoms with Gasteiger partial charge in [-0.2, -0.15) is 0 Å². The highest BCUT2D eigenvalue weighted by Gasteiger charge is 2.42. The molecule has 126 valence electrons. The second-order valence-corrected chi connectivity index (χ2v) is 6.71. The number of nitrogens with one attached hydrogen (secondary N) is 2. The second kappa shape index (κ2) is 6.99. The maximum atomic E-state index is 13.1. The normalized spacial score (nSPS) is 26.9. The van der Waals surface area contributed by atoms with Crippen LogP contribution in [-0.2, 0) is 14.9 Å². The SMILES string of the molecule is Cc1ccccc1C1(C(=O)NCC2CNCC2O)CCOCC1. The van der Waals surface area contributed by atoms with Gasteiger partial charge in [0.05, 0.1) is 11.5 Å². The standard InChI is InChI=1S/C18H26N2O3/c1-13-4-2-3-5-15(13)18(6-8-23-9-7-18)17(22)20-11-14-10-19-12-16(14)21/h2-5,14,16,19,21H,6-12H2,1H3,(H,20,22). The van der Waals surface area contributed by atoms with E-state index in [1.54, 1.807) is 0 Å². The van der Waals surface area contributed by atoms with Crippen LogP contribution in [-0.4, -0.2) is 50.0 Å². The highest BCUT2D eigenvalue weighted by atomic mass is 16.5. The van der Waals surface area contributed by atoms with Gasteiger partial charge in [0.1, 0.15) is 0 Å². The Morgan fingerprint density at radius 2 is 2.09 bits per heavy atom. The first-order valence-corrected chi connectivity index (χ1v) is 8.44. The molecule has 5 nitrogen and oxygen atoms in total. The Kier molecular flexibility index (Phi) is 4.99. The summed E-state index contributed by atoms with van der Waals surface area (Å²) in [6, 6.07) is 8.12. The van der Waals surface area contributed by atoms with Gasteiger partial charge in [-0.05, 0) is 30.9 Å². The first kappa shape index (κ1) is 16.4. The zero-order valence-corrected chi connectivity index (χ0v) is 13.7. The van der Waals surface area contributed by atoms with E-state index in [-0.39, 0.29) is 17.9 Å². The minimum Gasteiger partial charge on any atom is -0.391 e. The summed E-state index contributed by atoms with van der Waals surface area (Å²) in [4.78, 5) is 13.1. The van der Waals surface area contributed by atoms with Crippen LogP contribution in [0, 0.1) is 12.8 Å². The Labute approximate surface area is 137 Å². The Balaban J connectivity index is 1.78. The molecule has 0 saturated carbocycles. The van der Waals surface area contributed by atoms with Crippen molar-refractivity contribution in [2.75, 3.05) is 32.8 Å². The molecule has 2 aliphatic heterocycles. The predicted octanol–water partition coefficient (Wildman–Crippen LogP) is 0.740. The molecule has 2 atom stereocenters. The molecule has 1 aromatic carbocycles. The van der Waals surface area contributed by atoms with E-state index in [4.69, 9.17) is 4.74 Å². The van der Waals surface area contributed by atoms with Crippen LogP contribution in [0.2, 0.25) is 0 Å². The fourth-order valence-electron chi connectivity index (χ4n) is 3.77. The predicted molar refractivity (Wildman–Crippen MR) is 88.3 cm³/mol. The van der Waals surface area contributed by atoms with Crippen molar-refractivity contribution >= 4 is 5.91 Å². The molecule has 2 saturated heterocycles. The van der Waals surface area contributed by atoms with Gasteiger partial charge in [0.25, 0.3) is 0 Å². The highest BCUT2D eigenvalue weighted by molar-refractivity contribution is 5.88. The molecule has 1 amide bonds. The van der Waals surface area contributed by atoms with E-state index in [9.17, 15) is 9.90 Å². The molecule has 2 unspecified atom stereocenters. The van der Waals surface area contributed by atoms with Crippen LogP contribution in [0.3, 0.4) is 0 Å². The average molecular weight is 318 g/mol. The topological polar surface area (TPSA) is 70.6 Å². The van der Waals surface area contributed by atoms with E-state index >= 15 is 0 Å². The number of hydrogen-bond donors (Lipinski definition) is 3. The lowest BCUT2D eigenvalue weighted by Gasteiger charge is -2.37. The monoisotopic (exact) mass is 318 g/mol. The number of benzene rings is 1. The average Bonchev–Trinajstić information content (AvgIpc) is 2.99. The summed E-state index contributed by atoms with van der Waals surface area (Å²) in [5.41, 5.74) is 1.73. The van der Waals surface area contributed by atoms with E-state index in [2.05, 4.69) is 29.7 Å². The van der Waals surface area contributed by atoms with Crippen LogP contribution in [0.1, 0.15) is 24.0 Å². The lowest BCUT2D eigenvalue weighted by molar-refractivity contribution is -0.130. The number of aryl methyl sites for hydroxylation is 1. The molecular formula is C18H26N2O3. The third kappa shape index (κ3) is 3.27. The number of β-amino-alcohol motifs (C(OH)–C–C–N with tert-alkyl or cyclic N) is 1. The summed E-state index contributed by atoms with van der Waals surface area (Å²) in [6.45, 7) is 5.15. The maximum absolute atomic E-state index is 13.1. The Morgan fingerprint density at radius 1 is 1.35 bits per heavy atom. The van der Waals surface area contributed by atoms with Crippen LogP contribution in [0.4, 0.5) is 0 Å². The van der Waals surface area contributed by atoms with Crippen LogP contribution < -0.4 is 10.6 Å². The third-order valence-electron chi connectivity index (χ3n) is 5.27. The summed E-state index contributed by atoms with van der Waals surface area (Å²) in [6.07, 6.45) is 1.03. The second-order valence-electron chi connectivity index (χ2n) is 6.71. The number of aliphatic hydroxyl groups excluding tert-OH is 1. The molecule has 1 aromatic rings. The maximum Gasteiger partial charge on any atom is 0.230 e. The van der Waals surface area contributed by atoms with Gasteiger partial charge in [-0.15, -0.1) is 0 Å². The van der Waals surface area contributed by atoms with Crippen molar-refractivity contribution in [3.05, 3.63) is 35.4 Å². The fourth-order valence-corrected chi connectivity index (χ4v) is 3.77. The Morgan fingerprint density at radius 3 is 2.74 bits per heavy atom. The molecule has 2 fully saturated rings. The van der Waals surface area contributed by atoms with Crippen molar-refractivity contribution in [3.8, 4) is 0 Å². The molecule has 5 heteroatoms. The summed E-state index contributed by atoms with van der Waals surface area (Å²) < 4.78 is 5.50. The lowest BCUT2D eigenvalue weighted by Crippen LogP contribution is -2.50. The molecular weight excluding hydrogens is 292 g/mol. The van der Waals surface area contributed by atoms with Crippen molar-refractivity contribution < 1.29 is 14.6 Å². The molecule has 23 heavy (non-hydrogen) atoms. The van der Waals surface area contributed by atoms with Gasteiger partial charge in [0, 0.05) is 38.8 Å². The lowest BCUT2D eigenvalue weighted by atomic mass is 9.71. The minimum absolute atomic E-state index is 0.0641. The number of carbonyl (C=O) groups excluding carboxylic acids is 1. The molecule has 2 aliphatic rings. The van der Waals surface area contributed by atoms with Gasteiger partial charge in [-0.25, -0.2) is 0 Å². The van der Waals surface area contributed by atoms with Gasteiger partial charge in [-0.3, -0.25) is 4.79 Å². The summed E-state index contributed by atoms with van der Waals surface area (Å²) in [7, 11) is 0. The molecule has 0 aliphatic carbocycles. The van der Waals surface area contributed by atoms with Gasteiger partial charge in [0.15, 0.2) is 0 Å². The third-order valence-corrected chi connectivity index (χ3v) is 5.27. The number of hydrogen-bond acceptors (Lipinski definition) is 4. The van der Waals surface area contributed by atoms with E-state index in [0.29, 0.717) is 39.1 Å². The van der Waals surface area contributed by atoms with Gasteiger partial charge in [0.2, 0.25) is 5.91 Å². The molecule has 3 N–H and O–H groups in total. The molecule has 0 radical (unpaired) electrons. The van der Waals surface area contributed by atoms with Crippen molar-refractivity contribution in [3.63, 3.8) is 0 Å². The van der Waals surface area contributed by atoms with E-state index in [1.165, 1.54) is 0 Å². The molecule has 0 bridgehead atoms. The van der Waals surface area contributed by atoms with Crippen LogP contribution in [0.5, 0.6) is 0 Å². The Hall–Kier alpha value is -1.43. The quantitative estimate of drug-likeness (QED) is 0.766. The number of rotatable bonds is 4. The van der Waals surface area contributed by atoms with Gasteiger partial charge >= 0.3 is 0 Å². The zero-order valence-electron chi connectivity index (χ0n) is 13.7. The van der Waals surface area contributed by atoms with E-state index < -0.39 is 5.41 Å². The fraction of sp³-hybridized carbons (Fsp3) is 0.611. The molecule has 0 spiro atoms. The highest BCUT2D eigenvalue weighted by Crippen LogP contribution is 2.37. The van der Waals surface area contributed by atoms with Crippen LogP contribution in [0.15, 0.2) is 24.3 Å². The number of aliphatic hydroxyl groups is 1. The summed E-state index contributed by atoms with van der Waals surface area (Å²) in [5, 5.41) is 16.2. The van der Waals surface area contributed by atoms with Crippen LogP contribution in [0.25, 0.3) is 0 Å². The summed E-state index contributed by atoms with van der Waals surface area (Å²) in [5.74, 6) is 0.155. The summed E-state index contributed by atoms with van der Waals surface area (Å²) >= 11 is 0. The van der Waals surface area contributed by atoms with Crippen molar-refractivity contribution in [1.82, 2.24) is 10.6 Å². The van der Waals surface area contributed by atoms with Crippen molar-refractivity contribution in [2.24, 2.45) is 5.92 Å². The first-order chi connectivity index (χ1) is 11.1. The van der Waals surface area contributed by atoms with E-state index in [0.717, 1.165) is 17.7 Å². The van der Waals surface area contributed by atoms with Gasteiger partial charge in [-0.1, -0.05) is 24.3 Å². The molecule has 2 heterocycles. The largest absolute Gasteiger partial charge is 0.391 e. The Bertz CT molecular complexity index is 555. The first-order valence-electron chi connectivity index (χ1n) is 8.44. The van der Waals surface area contributed by atoms with E-state index in [1.807, 2.05) is 12.1 Å². The number of carbonyl (C=O) groups is 1. The molecule has 3 rings (SSSR count). The van der Waals surface area contributed by atoms with Crippen molar-refractivity contribution in [1.29, 1.82) is 0 Å². The minimum atomic E-state index is -0.513. The van der Waals surface area contributed by atoms with Gasteiger partial charge < -0.3 is 20.5 Å².